The number of hydrogen-bond donors (Lipinski definition) is 1. The summed E-state index contributed by atoms with van der Waals surface area (Å²) in [5.74, 6) is 0. The Morgan fingerprint density at radius 2 is 2.24 bits per heavy atom. The molecule has 1 aromatic heterocycles. The summed E-state index contributed by atoms with van der Waals surface area (Å²) < 4.78 is 5.55. The van der Waals surface area contributed by atoms with Gasteiger partial charge in [-0.2, -0.15) is 0 Å². The Labute approximate surface area is 109 Å². The molecule has 0 aliphatic heterocycles. The van der Waals surface area contributed by atoms with Gasteiger partial charge in [0.1, 0.15) is 0 Å². The van der Waals surface area contributed by atoms with Crippen LogP contribution in [0.2, 0.25) is 0 Å². The Hall–Kier alpha value is -0.450. The maximum absolute atomic E-state index is 5.55. The molecule has 1 rings (SSSR count). The molecule has 1 heterocycles. The summed E-state index contributed by atoms with van der Waals surface area (Å²) >= 11 is 1.76. The zero-order valence-electron chi connectivity index (χ0n) is 11.2. The first-order valence-corrected chi connectivity index (χ1v) is 7.36. The highest BCUT2D eigenvalue weighted by atomic mass is 32.1. The van der Waals surface area contributed by atoms with E-state index in [-0.39, 0.29) is 0 Å². The van der Waals surface area contributed by atoms with Gasteiger partial charge in [-0.25, -0.2) is 4.98 Å². The predicted octanol–water partition coefficient (Wildman–Crippen LogP) is 2.79. The minimum absolute atomic E-state index is 0.488. The van der Waals surface area contributed by atoms with Gasteiger partial charge in [0.05, 0.1) is 5.01 Å². The largest absolute Gasteiger partial charge is 0.381 e. The fourth-order valence-corrected chi connectivity index (χ4v) is 2.60. The molecule has 0 spiro atoms. The van der Waals surface area contributed by atoms with E-state index in [1.54, 1.807) is 11.3 Å². The second kappa shape index (κ2) is 8.61. The van der Waals surface area contributed by atoms with E-state index in [1.807, 2.05) is 6.92 Å². The second-order valence-corrected chi connectivity index (χ2v) is 5.19. The third-order valence-corrected chi connectivity index (χ3v) is 3.53. The van der Waals surface area contributed by atoms with E-state index in [0.717, 1.165) is 44.7 Å². The van der Waals surface area contributed by atoms with Gasteiger partial charge in [0.15, 0.2) is 0 Å². The van der Waals surface area contributed by atoms with E-state index < -0.39 is 0 Å². The highest BCUT2D eigenvalue weighted by Crippen LogP contribution is 2.12. The summed E-state index contributed by atoms with van der Waals surface area (Å²) in [5.41, 5.74) is 1.13. The average Bonchev–Trinajstić information content (AvgIpc) is 2.70. The molecule has 0 fully saturated rings. The molecule has 1 N–H and O–H groups in total. The number of aromatic nitrogens is 1. The lowest BCUT2D eigenvalue weighted by molar-refractivity contribution is 0.124. The molecular formula is C13H24N2OS. The van der Waals surface area contributed by atoms with Crippen molar-refractivity contribution in [3.8, 4) is 0 Å². The number of hydrogen-bond acceptors (Lipinski definition) is 4. The summed E-state index contributed by atoms with van der Waals surface area (Å²) in [6, 6.07) is 0.488. The molecule has 98 valence electrons. The highest BCUT2D eigenvalue weighted by Gasteiger charge is 2.10. The maximum atomic E-state index is 5.55. The van der Waals surface area contributed by atoms with Gasteiger partial charge in [0.25, 0.3) is 0 Å². The maximum Gasteiger partial charge on any atom is 0.0943 e. The van der Waals surface area contributed by atoms with Crippen LogP contribution in [0, 0.1) is 6.92 Å². The molecule has 1 atom stereocenters. The summed E-state index contributed by atoms with van der Waals surface area (Å²) in [6.45, 7) is 9.05. The van der Waals surface area contributed by atoms with Crippen LogP contribution in [0.25, 0.3) is 0 Å². The molecule has 4 heteroatoms. The van der Waals surface area contributed by atoms with Gasteiger partial charge in [0.2, 0.25) is 0 Å². The SMILES string of the molecule is CCCOCCC(Cc1nc(C)cs1)NCC. The van der Waals surface area contributed by atoms with Gasteiger partial charge in [0, 0.05) is 36.8 Å². The normalized spacial score (nSPS) is 12.9. The molecule has 0 amide bonds. The molecule has 0 saturated carbocycles. The molecule has 0 aliphatic carbocycles. The van der Waals surface area contributed by atoms with Crippen LogP contribution in [0.3, 0.4) is 0 Å². The van der Waals surface area contributed by atoms with Crippen LogP contribution in [0.5, 0.6) is 0 Å². The van der Waals surface area contributed by atoms with Gasteiger partial charge < -0.3 is 10.1 Å². The number of nitrogens with one attached hydrogen (secondary N) is 1. The van der Waals surface area contributed by atoms with Gasteiger partial charge >= 0.3 is 0 Å². The summed E-state index contributed by atoms with van der Waals surface area (Å²) in [6.07, 6.45) is 3.17. The fourth-order valence-electron chi connectivity index (χ4n) is 1.74. The number of nitrogens with zero attached hydrogens (tertiary/aromatic N) is 1. The Morgan fingerprint density at radius 1 is 1.41 bits per heavy atom. The van der Waals surface area contributed by atoms with Crippen molar-refractivity contribution in [2.24, 2.45) is 0 Å². The van der Waals surface area contributed by atoms with Crippen LogP contribution in [0.1, 0.15) is 37.4 Å². The predicted molar refractivity (Wildman–Crippen MR) is 73.7 cm³/mol. The molecule has 0 bridgehead atoms. The summed E-state index contributed by atoms with van der Waals surface area (Å²) in [5, 5.41) is 6.85. The number of likely N-dealkylation sites (N-methyl/N-ethyl adjacent to an activating group) is 1. The van der Waals surface area contributed by atoms with Crippen LogP contribution >= 0.6 is 11.3 Å². The third-order valence-electron chi connectivity index (χ3n) is 2.54. The Kier molecular flexibility index (Phi) is 7.40. The first kappa shape index (κ1) is 14.6. The lowest BCUT2D eigenvalue weighted by atomic mass is 10.1. The Morgan fingerprint density at radius 3 is 2.82 bits per heavy atom. The average molecular weight is 256 g/mol. The van der Waals surface area contributed by atoms with Crippen LogP contribution in [0.15, 0.2) is 5.38 Å². The highest BCUT2D eigenvalue weighted by molar-refractivity contribution is 7.09. The van der Waals surface area contributed by atoms with Crippen molar-refractivity contribution in [2.45, 2.75) is 46.1 Å². The van der Waals surface area contributed by atoms with E-state index in [0.29, 0.717) is 6.04 Å². The third kappa shape index (κ3) is 6.15. The summed E-state index contributed by atoms with van der Waals surface area (Å²) in [7, 11) is 0. The van der Waals surface area contributed by atoms with Crippen molar-refractivity contribution >= 4 is 11.3 Å². The van der Waals surface area contributed by atoms with Crippen LogP contribution in [-0.4, -0.2) is 30.8 Å². The van der Waals surface area contributed by atoms with Crippen LogP contribution in [-0.2, 0) is 11.2 Å². The van der Waals surface area contributed by atoms with E-state index in [2.05, 4.69) is 29.5 Å². The Bertz CT molecular complexity index is 301. The number of rotatable bonds is 9. The van der Waals surface area contributed by atoms with Crippen molar-refractivity contribution in [3.63, 3.8) is 0 Å². The fraction of sp³-hybridized carbons (Fsp3) is 0.769. The molecule has 0 aromatic carbocycles. The van der Waals surface area contributed by atoms with Gasteiger partial charge in [-0.05, 0) is 26.3 Å². The lowest BCUT2D eigenvalue weighted by Gasteiger charge is -2.16. The topological polar surface area (TPSA) is 34.1 Å². The molecule has 0 saturated heterocycles. The van der Waals surface area contributed by atoms with Crippen molar-refractivity contribution in [1.29, 1.82) is 0 Å². The van der Waals surface area contributed by atoms with E-state index in [4.69, 9.17) is 4.74 Å². The number of ether oxygens (including phenoxy) is 1. The minimum Gasteiger partial charge on any atom is -0.381 e. The van der Waals surface area contributed by atoms with Crippen molar-refractivity contribution < 1.29 is 4.74 Å². The summed E-state index contributed by atoms with van der Waals surface area (Å²) in [4.78, 5) is 4.51. The van der Waals surface area contributed by atoms with E-state index in [9.17, 15) is 0 Å². The van der Waals surface area contributed by atoms with Gasteiger partial charge in [-0.15, -0.1) is 11.3 Å². The smallest absolute Gasteiger partial charge is 0.0943 e. The molecule has 17 heavy (non-hydrogen) atoms. The van der Waals surface area contributed by atoms with Crippen molar-refractivity contribution in [3.05, 3.63) is 16.1 Å². The molecule has 1 aromatic rings. The van der Waals surface area contributed by atoms with E-state index in [1.165, 1.54) is 5.01 Å². The molecular weight excluding hydrogens is 232 g/mol. The zero-order valence-corrected chi connectivity index (χ0v) is 12.0. The van der Waals surface area contributed by atoms with Crippen LogP contribution in [0.4, 0.5) is 0 Å². The number of thiazole rings is 1. The van der Waals surface area contributed by atoms with Gasteiger partial charge in [-0.1, -0.05) is 13.8 Å². The Balaban J connectivity index is 2.32. The molecule has 1 unspecified atom stereocenters. The molecule has 3 nitrogen and oxygen atoms in total. The van der Waals surface area contributed by atoms with Crippen LogP contribution < -0.4 is 5.32 Å². The molecule has 0 aliphatic rings. The minimum atomic E-state index is 0.488. The van der Waals surface area contributed by atoms with Crippen molar-refractivity contribution in [1.82, 2.24) is 10.3 Å². The quantitative estimate of drug-likeness (QED) is 0.690. The van der Waals surface area contributed by atoms with Crippen molar-refractivity contribution in [2.75, 3.05) is 19.8 Å². The first-order chi connectivity index (χ1) is 8.26. The lowest BCUT2D eigenvalue weighted by Crippen LogP contribution is -2.32. The first-order valence-electron chi connectivity index (χ1n) is 6.48. The number of aryl methyl sites for hydroxylation is 1. The monoisotopic (exact) mass is 256 g/mol. The molecule has 0 radical (unpaired) electrons. The second-order valence-electron chi connectivity index (χ2n) is 4.24. The zero-order chi connectivity index (χ0) is 12.5. The standard InChI is InChI=1S/C13H24N2OS/c1-4-7-16-8-6-12(14-5-2)9-13-15-11(3)10-17-13/h10,12,14H,4-9H2,1-3H3. The van der Waals surface area contributed by atoms with Gasteiger partial charge in [-0.3, -0.25) is 0 Å². The van der Waals surface area contributed by atoms with E-state index >= 15 is 0 Å².